The highest BCUT2D eigenvalue weighted by molar-refractivity contribution is 4.96. The van der Waals surface area contributed by atoms with Crippen molar-refractivity contribution in [3.05, 3.63) is 11.7 Å². The van der Waals surface area contributed by atoms with Crippen LogP contribution in [0.2, 0.25) is 0 Å². The largest absolute Gasteiger partial charge is 0.383 e. The number of nitrogens with one attached hydrogen (secondary N) is 1. The Kier molecular flexibility index (Phi) is 2.83. The Labute approximate surface area is 88.0 Å². The quantitative estimate of drug-likeness (QED) is 0.794. The van der Waals surface area contributed by atoms with Gasteiger partial charge in [-0.3, -0.25) is 0 Å². The molecule has 0 bridgehead atoms. The van der Waals surface area contributed by atoms with Crippen LogP contribution in [-0.4, -0.2) is 22.6 Å². The summed E-state index contributed by atoms with van der Waals surface area (Å²) in [5, 5.41) is 6.15. The van der Waals surface area contributed by atoms with Gasteiger partial charge in [-0.05, 0) is 12.8 Å². The van der Waals surface area contributed by atoms with Crippen LogP contribution in [0.1, 0.15) is 24.6 Å². The summed E-state index contributed by atoms with van der Waals surface area (Å²) in [6.07, 6.45) is -1.83. The molecule has 0 aliphatic heterocycles. The predicted molar refractivity (Wildman–Crippen MR) is 44.1 cm³/mol. The van der Waals surface area contributed by atoms with Crippen LogP contribution in [0.3, 0.4) is 0 Å². The number of rotatable bonds is 5. The second kappa shape index (κ2) is 4.00. The van der Waals surface area contributed by atoms with Crippen molar-refractivity contribution in [3.8, 4) is 0 Å². The lowest BCUT2D eigenvalue weighted by Crippen LogP contribution is -2.24. The minimum Gasteiger partial charge on any atom is -0.332 e. The van der Waals surface area contributed by atoms with Crippen molar-refractivity contribution in [1.29, 1.82) is 0 Å². The van der Waals surface area contributed by atoms with Crippen molar-refractivity contribution in [3.63, 3.8) is 0 Å². The molecule has 1 saturated carbocycles. The fourth-order valence-corrected chi connectivity index (χ4v) is 1.08. The van der Waals surface area contributed by atoms with Gasteiger partial charge in [0, 0.05) is 6.04 Å². The van der Waals surface area contributed by atoms with E-state index in [-0.39, 0.29) is 12.4 Å². The summed E-state index contributed by atoms with van der Waals surface area (Å²) in [5.41, 5.74) is 0. The monoisotopic (exact) mass is 239 g/mol. The first kappa shape index (κ1) is 11.3. The smallest absolute Gasteiger partial charge is 0.332 e. The highest BCUT2D eigenvalue weighted by Gasteiger charge is 2.48. The van der Waals surface area contributed by atoms with E-state index >= 15 is 0 Å². The fourth-order valence-electron chi connectivity index (χ4n) is 1.08. The molecule has 1 heterocycles. The summed E-state index contributed by atoms with van der Waals surface area (Å²) in [6.45, 7) is 0.146. The number of alkyl halides is 4. The van der Waals surface area contributed by atoms with Crippen LogP contribution in [0.5, 0.6) is 0 Å². The summed E-state index contributed by atoms with van der Waals surface area (Å²) in [4.78, 5) is 3.23. The van der Waals surface area contributed by atoms with E-state index < -0.39 is 18.2 Å². The molecule has 1 aromatic rings. The Morgan fingerprint density at radius 3 is 2.69 bits per heavy atom. The summed E-state index contributed by atoms with van der Waals surface area (Å²) in [5.74, 6) is -5.76. The van der Waals surface area contributed by atoms with Crippen LogP contribution in [0.4, 0.5) is 17.6 Å². The van der Waals surface area contributed by atoms with Crippen LogP contribution in [-0.2, 0) is 12.5 Å². The third-order valence-corrected chi connectivity index (χ3v) is 2.15. The van der Waals surface area contributed by atoms with Gasteiger partial charge in [-0.2, -0.15) is 13.8 Å². The molecule has 1 aliphatic carbocycles. The van der Waals surface area contributed by atoms with Gasteiger partial charge in [-0.25, -0.2) is 8.78 Å². The summed E-state index contributed by atoms with van der Waals surface area (Å²) in [7, 11) is 0. The van der Waals surface area contributed by atoms with Crippen molar-refractivity contribution in [1.82, 2.24) is 15.5 Å². The number of hydrogen-bond donors (Lipinski definition) is 1. The average Bonchev–Trinajstić information content (AvgIpc) is 2.92. The molecule has 90 valence electrons. The molecule has 0 saturated heterocycles. The molecule has 0 unspecified atom stereocenters. The van der Waals surface area contributed by atoms with E-state index in [9.17, 15) is 17.6 Å². The minimum atomic E-state index is -4.38. The maximum absolute atomic E-state index is 12.7. The average molecular weight is 239 g/mol. The lowest BCUT2D eigenvalue weighted by atomic mass is 10.3. The second-order valence-electron chi connectivity index (χ2n) is 3.59. The van der Waals surface area contributed by atoms with Gasteiger partial charge in [0.15, 0.2) is 5.82 Å². The maximum Gasteiger partial charge on any atom is 0.383 e. The normalized spacial score (nSPS) is 17.1. The zero-order chi connectivity index (χ0) is 11.8. The molecular weight excluding hydrogens is 230 g/mol. The van der Waals surface area contributed by atoms with Crippen LogP contribution in [0, 0.1) is 0 Å². The lowest BCUT2D eigenvalue weighted by molar-refractivity contribution is -0.152. The molecule has 1 aliphatic rings. The first-order chi connectivity index (χ1) is 7.50. The van der Waals surface area contributed by atoms with E-state index in [1.807, 2.05) is 0 Å². The van der Waals surface area contributed by atoms with Crippen molar-refractivity contribution in [2.24, 2.45) is 0 Å². The molecule has 0 spiro atoms. The zero-order valence-corrected chi connectivity index (χ0v) is 8.09. The lowest BCUT2D eigenvalue weighted by Gasteiger charge is -2.08. The van der Waals surface area contributed by atoms with Crippen molar-refractivity contribution >= 4 is 0 Å². The summed E-state index contributed by atoms with van der Waals surface area (Å²) >= 11 is 0. The van der Waals surface area contributed by atoms with Crippen molar-refractivity contribution in [2.75, 3.05) is 0 Å². The molecule has 2 rings (SSSR count). The molecule has 0 atom stereocenters. The van der Waals surface area contributed by atoms with Gasteiger partial charge in [-0.1, -0.05) is 5.16 Å². The van der Waals surface area contributed by atoms with Gasteiger partial charge in [0.1, 0.15) is 0 Å². The van der Waals surface area contributed by atoms with Gasteiger partial charge in [0.25, 0.3) is 0 Å². The highest BCUT2D eigenvalue weighted by Crippen LogP contribution is 2.33. The van der Waals surface area contributed by atoms with Gasteiger partial charge in [0.05, 0.1) is 6.54 Å². The van der Waals surface area contributed by atoms with Gasteiger partial charge < -0.3 is 9.84 Å². The second-order valence-corrected chi connectivity index (χ2v) is 3.59. The predicted octanol–water partition coefficient (Wildman–Crippen LogP) is 1.68. The number of aromatic nitrogens is 2. The zero-order valence-electron chi connectivity index (χ0n) is 8.09. The van der Waals surface area contributed by atoms with E-state index in [1.54, 1.807) is 0 Å². The maximum atomic E-state index is 12.7. The Bertz CT molecular complexity index is 364. The molecule has 0 amide bonds. The van der Waals surface area contributed by atoms with Gasteiger partial charge in [-0.15, -0.1) is 0 Å². The standard InChI is InChI=1S/C8H9F4N3O/c9-6(10)8(11,12)7-14-5(15-16-7)3-13-4-1-2-4/h4,6,13H,1-3H2. The number of nitrogens with zero attached hydrogens (tertiary/aromatic N) is 2. The number of hydrogen-bond acceptors (Lipinski definition) is 4. The highest BCUT2D eigenvalue weighted by atomic mass is 19.3. The van der Waals surface area contributed by atoms with Gasteiger partial charge >= 0.3 is 18.2 Å². The van der Waals surface area contributed by atoms with Crippen LogP contribution >= 0.6 is 0 Å². The Balaban J connectivity index is 2.00. The fraction of sp³-hybridized carbons (Fsp3) is 0.750. The topological polar surface area (TPSA) is 51.0 Å². The first-order valence-corrected chi connectivity index (χ1v) is 4.72. The molecule has 8 heteroatoms. The first-order valence-electron chi connectivity index (χ1n) is 4.72. The van der Waals surface area contributed by atoms with E-state index in [1.165, 1.54) is 0 Å². The van der Waals surface area contributed by atoms with E-state index in [0.717, 1.165) is 12.8 Å². The molecule has 4 nitrogen and oxygen atoms in total. The van der Waals surface area contributed by atoms with Crippen molar-refractivity contribution in [2.45, 2.75) is 37.8 Å². The summed E-state index contributed by atoms with van der Waals surface area (Å²) < 4.78 is 53.5. The van der Waals surface area contributed by atoms with Crippen LogP contribution < -0.4 is 5.32 Å². The minimum absolute atomic E-state index is 0.0396. The van der Waals surface area contributed by atoms with Crippen LogP contribution in [0.15, 0.2) is 4.52 Å². The molecule has 16 heavy (non-hydrogen) atoms. The molecule has 1 fully saturated rings. The SMILES string of the molecule is FC(F)C(F)(F)c1nc(CNC2CC2)no1. The van der Waals surface area contributed by atoms with E-state index in [2.05, 4.69) is 20.0 Å². The van der Waals surface area contributed by atoms with Crippen LogP contribution in [0.25, 0.3) is 0 Å². The molecule has 1 N–H and O–H groups in total. The van der Waals surface area contributed by atoms with Gasteiger partial charge in [0.2, 0.25) is 0 Å². The van der Waals surface area contributed by atoms with Crippen molar-refractivity contribution < 1.29 is 22.1 Å². The summed E-state index contributed by atoms with van der Waals surface area (Å²) in [6, 6.07) is 0.345. The molecular formula is C8H9F4N3O. The molecule has 0 aromatic carbocycles. The van der Waals surface area contributed by atoms with E-state index in [4.69, 9.17) is 0 Å². The molecule has 1 aromatic heterocycles. The van der Waals surface area contributed by atoms with E-state index in [0.29, 0.717) is 6.04 Å². The Morgan fingerprint density at radius 1 is 1.44 bits per heavy atom. The Morgan fingerprint density at radius 2 is 2.12 bits per heavy atom. The number of halogens is 4. The Hall–Kier alpha value is -1.18. The third-order valence-electron chi connectivity index (χ3n) is 2.15. The third kappa shape index (κ3) is 2.31. The molecule has 0 radical (unpaired) electrons.